The number of hydrogen-bond acceptors (Lipinski definition) is 4. The quantitative estimate of drug-likeness (QED) is 0.870. The highest BCUT2D eigenvalue weighted by atomic mass is 16.1. The fraction of sp³-hybridized carbons (Fsp3) is 0.625. The summed E-state index contributed by atoms with van der Waals surface area (Å²) in [5, 5.41) is 2.98. The predicted octanol–water partition coefficient (Wildman–Crippen LogP) is 2.00. The topological polar surface area (TPSA) is 71.2 Å². The Morgan fingerprint density at radius 1 is 1.33 bits per heavy atom. The van der Waals surface area contributed by atoms with Crippen molar-refractivity contribution in [2.45, 2.75) is 39.0 Å². The second-order valence-electron chi connectivity index (χ2n) is 6.02. The van der Waals surface area contributed by atoms with E-state index in [2.05, 4.69) is 15.2 Å². The number of rotatable bonds is 5. The SMILES string of the molecule is CC(C)c1cc(C(=O)NCCN2CCCCC2)cc(N)n1. The Morgan fingerprint density at radius 2 is 2.05 bits per heavy atom. The lowest BCUT2D eigenvalue weighted by atomic mass is 10.1. The molecule has 1 aromatic rings. The number of nitrogens with two attached hydrogens (primary N) is 1. The van der Waals surface area contributed by atoms with Crippen LogP contribution < -0.4 is 11.1 Å². The van der Waals surface area contributed by atoms with Crippen LogP contribution in [0.4, 0.5) is 5.82 Å². The van der Waals surface area contributed by atoms with E-state index >= 15 is 0 Å². The number of pyridine rings is 1. The summed E-state index contributed by atoms with van der Waals surface area (Å²) in [6.07, 6.45) is 3.87. The lowest BCUT2D eigenvalue weighted by molar-refractivity contribution is 0.0946. The fourth-order valence-corrected chi connectivity index (χ4v) is 2.61. The molecule has 0 unspecified atom stereocenters. The third-order valence-corrected chi connectivity index (χ3v) is 3.88. The van der Waals surface area contributed by atoms with E-state index < -0.39 is 0 Å². The van der Waals surface area contributed by atoms with Crippen molar-refractivity contribution in [2.24, 2.45) is 0 Å². The van der Waals surface area contributed by atoms with Crippen LogP contribution in [-0.4, -0.2) is 42.0 Å². The average Bonchev–Trinajstić information content (AvgIpc) is 2.47. The Hall–Kier alpha value is -1.62. The molecule has 0 radical (unpaired) electrons. The van der Waals surface area contributed by atoms with Crippen molar-refractivity contribution in [3.63, 3.8) is 0 Å². The van der Waals surface area contributed by atoms with Crippen molar-refractivity contribution in [3.05, 3.63) is 23.4 Å². The average molecular weight is 290 g/mol. The number of nitrogens with zero attached hydrogens (tertiary/aromatic N) is 2. The van der Waals surface area contributed by atoms with Crippen molar-refractivity contribution in [3.8, 4) is 0 Å². The van der Waals surface area contributed by atoms with Gasteiger partial charge >= 0.3 is 0 Å². The molecule has 1 fully saturated rings. The van der Waals surface area contributed by atoms with E-state index in [1.54, 1.807) is 6.07 Å². The summed E-state index contributed by atoms with van der Waals surface area (Å²) < 4.78 is 0. The molecule has 21 heavy (non-hydrogen) atoms. The Bertz CT molecular complexity index is 481. The molecule has 1 amide bonds. The van der Waals surface area contributed by atoms with Crippen LogP contribution in [-0.2, 0) is 0 Å². The number of piperidine rings is 1. The molecule has 0 bridgehead atoms. The smallest absolute Gasteiger partial charge is 0.251 e. The lowest BCUT2D eigenvalue weighted by Crippen LogP contribution is -2.37. The number of nitrogens with one attached hydrogen (secondary N) is 1. The summed E-state index contributed by atoms with van der Waals surface area (Å²) in [4.78, 5) is 18.9. The van der Waals surface area contributed by atoms with E-state index in [9.17, 15) is 4.79 Å². The van der Waals surface area contributed by atoms with E-state index in [0.717, 1.165) is 25.3 Å². The van der Waals surface area contributed by atoms with Gasteiger partial charge in [-0.25, -0.2) is 4.98 Å². The molecule has 1 aliphatic rings. The number of hydrogen-bond donors (Lipinski definition) is 2. The number of carbonyl (C=O) groups excluding carboxylic acids is 1. The van der Waals surface area contributed by atoms with Crippen LogP contribution in [0.3, 0.4) is 0 Å². The number of likely N-dealkylation sites (tertiary alicyclic amines) is 1. The molecule has 2 rings (SSSR count). The largest absolute Gasteiger partial charge is 0.384 e. The summed E-state index contributed by atoms with van der Waals surface area (Å²) in [5.41, 5.74) is 7.24. The molecular weight excluding hydrogens is 264 g/mol. The van der Waals surface area contributed by atoms with Gasteiger partial charge < -0.3 is 16.0 Å². The molecule has 0 aliphatic carbocycles. The van der Waals surface area contributed by atoms with Crippen LogP contribution in [0.2, 0.25) is 0 Å². The molecule has 0 spiro atoms. The van der Waals surface area contributed by atoms with Crippen LogP contribution >= 0.6 is 0 Å². The molecule has 116 valence electrons. The van der Waals surface area contributed by atoms with Gasteiger partial charge in [0, 0.05) is 24.3 Å². The zero-order valence-electron chi connectivity index (χ0n) is 13.1. The molecule has 5 nitrogen and oxygen atoms in total. The standard InChI is InChI=1S/C16H26N4O/c1-12(2)14-10-13(11-15(17)19-14)16(21)18-6-9-20-7-4-3-5-8-20/h10-12H,3-9H2,1-2H3,(H2,17,19)(H,18,21). The normalized spacial score (nSPS) is 16.1. The van der Waals surface area contributed by atoms with Crippen LogP contribution in [0.25, 0.3) is 0 Å². The van der Waals surface area contributed by atoms with Gasteiger partial charge in [0.05, 0.1) is 0 Å². The minimum atomic E-state index is -0.0667. The molecule has 0 atom stereocenters. The van der Waals surface area contributed by atoms with Crippen molar-refractivity contribution in [1.29, 1.82) is 0 Å². The van der Waals surface area contributed by atoms with Gasteiger partial charge in [0.2, 0.25) is 0 Å². The number of anilines is 1. The third-order valence-electron chi connectivity index (χ3n) is 3.88. The molecule has 2 heterocycles. The minimum Gasteiger partial charge on any atom is -0.384 e. The summed E-state index contributed by atoms with van der Waals surface area (Å²) in [6, 6.07) is 3.47. The van der Waals surface area contributed by atoms with Gasteiger partial charge in [-0.05, 0) is 44.0 Å². The molecule has 3 N–H and O–H groups in total. The van der Waals surface area contributed by atoms with E-state index in [4.69, 9.17) is 5.73 Å². The number of amides is 1. The highest BCUT2D eigenvalue weighted by molar-refractivity contribution is 5.94. The Morgan fingerprint density at radius 3 is 2.71 bits per heavy atom. The molecule has 0 saturated carbocycles. The predicted molar refractivity (Wildman–Crippen MR) is 85.4 cm³/mol. The maximum absolute atomic E-state index is 12.2. The van der Waals surface area contributed by atoms with Crippen LogP contribution in [0.15, 0.2) is 12.1 Å². The van der Waals surface area contributed by atoms with Crippen LogP contribution in [0.1, 0.15) is 55.1 Å². The van der Waals surface area contributed by atoms with Gasteiger partial charge in [0.1, 0.15) is 5.82 Å². The second kappa shape index (κ2) is 7.41. The van der Waals surface area contributed by atoms with E-state index in [1.807, 2.05) is 19.9 Å². The lowest BCUT2D eigenvalue weighted by Gasteiger charge is -2.26. The third kappa shape index (κ3) is 4.70. The maximum atomic E-state index is 12.2. The fourth-order valence-electron chi connectivity index (χ4n) is 2.61. The first-order valence-corrected chi connectivity index (χ1v) is 7.84. The molecular formula is C16H26N4O. The zero-order valence-corrected chi connectivity index (χ0v) is 13.1. The highest BCUT2D eigenvalue weighted by Gasteiger charge is 2.12. The molecule has 5 heteroatoms. The van der Waals surface area contributed by atoms with Crippen molar-refractivity contribution in [1.82, 2.24) is 15.2 Å². The Labute approximate surface area is 126 Å². The molecule has 1 aliphatic heterocycles. The monoisotopic (exact) mass is 290 g/mol. The van der Waals surface area contributed by atoms with E-state index in [0.29, 0.717) is 17.9 Å². The minimum absolute atomic E-state index is 0.0667. The van der Waals surface area contributed by atoms with Gasteiger partial charge in [-0.2, -0.15) is 0 Å². The summed E-state index contributed by atoms with van der Waals surface area (Å²) in [7, 11) is 0. The Balaban J connectivity index is 1.87. The van der Waals surface area contributed by atoms with Crippen LogP contribution in [0.5, 0.6) is 0 Å². The first-order valence-electron chi connectivity index (χ1n) is 7.84. The molecule has 1 aromatic heterocycles. The number of carbonyl (C=O) groups is 1. The number of nitrogen functional groups attached to an aromatic ring is 1. The zero-order chi connectivity index (χ0) is 15.2. The maximum Gasteiger partial charge on any atom is 0.251 e. The van der Waals surface area contributed by atoms with Gasteiger partial charge in [0.25, 0.3) is 5.91 Å². The van der Waals surface area contributed by atoms with Crippen molar-refractivity contribution >= 4 is 11.7 Å². The van der Waals surface area contributed by atoms with Gasteiger partial charge in [-0.3, -0.25) is 4.79 Å². The van der Waals surface area contributed by atoms with Crippen molar-refractivity contribution in [2.75, 3.05) is 31.9 Å². The first-order chi connectivity index (χ1) is 10.1. The number of aromatic nitrogens is 1. The highest BCUT2D eigenvalue weighted by Crippen LogP contribution is 2.16. The van der Waals surface area contributed by atoms with Crippen LogP contribution in [0, 0.1) is 0 Å². The second-order valence-corrected chi connectivity index (χ2v) is 6.02. The van der Waals surface area contributed by atoms with E-state index in [-0.39, 0.29) is 11.8 Å². The van der Waals surface area contributed by atoms with Gasteiger partial charge in [-0.1, -0.05) is 20.3 Å². The van der Waals surface area contributed by atoms with Crippen molar-refractivity contribution < 1.29 is 4.79 Å². The molecule has 0 aromatic carbocycles. The van der Waals surface area contributed by atoms with E-state index in [1.165, 1.54) is 19.3 Å². The summed E-state index contributed by atoms with van der Waals surface area (Å²) >= 11 is 0. The van der Waals surface area contributed by atoms with Gasteiger partial charge in [-0.15, -0.1) is 0 Å². The first kappa shape index (κ1) is 15.8. The Kier molecular flexibility index (Phi) is 5.56. The van der Waals surface area contributed by atoms with Gasteiger partial charge in [0.15, 0.2) is 0 Å². The summed E-state index contributed by atoms with van der Waals surface area (Å²) in [5.74, 6) is 0.596. The summed E-state index contributed by atoms with van der Waals surface area (Å²) in [6.45, 7) is 7.98. The molecule has 1 saturated heterocycles.